The van der Waals surface area contributed by atoms with Crippen molar-refractivity contribution < 1.29 is 9.21 Å². The fourth-order valence-electron chi connectivity index (χ4n) is 5.74. The van der Waals surface area contributed by atoms with Crippen molar-refractivity contribution in [1.82, 2.24) is 15.5 Å². The number of carbonyl (C=O) groups is 1. The molecule has 5 fully saturated rings. The summed E-state index contributed by atoms with van der Waals surface area (Å²) in [5.74, 6) is 3.51. The Hall–Kier alpha value is -1.59. The number of amides is 2. The van der Waals surface area contributed by atoms with Gasteiger partial charge in [-0.05, 0) is 69.1 Å². The second-order valence-electron chi connectivity index (χ2n) is 8.35. The van der Waals surface area contributed by atoms with Crippen LogP contribution in [0.1, 0.15) is 69.6 Å². The number of hydrogen-bond donors (Lipinski definition) is 2. The molecule has 6 nitrogen and oxygen atoms in total. The molecular formula is C17H24N4O2. The molecule has 124 valence electrons. The lowest BCUT2D eigenvalue weighted by Crippen LogP contribution is -2.60. The molecule has 0 aliphatic heterocycles. The van der Waals surface area contributed by atoms with E-state index in [9.17, 15) is 4.79 Å². The molecule has 2 amide bonds. The maximum Gasteiger partial charge on any atom is 0.323 e. The van der Waals surface area contributed by atoms with Crippen LogP contribution in [0.4, 0.5) is 10.8 Å². The third kappa shape index (κ3) is 2.42. The van der Waals surface area contributed by atoms with Crippen molar-refractivity contribution in [3.8, 4) is 0 Å². The number of carbonyl (C=O) groups excluding carboxylic acids is 1. The van der Waals surface area contributed by atoms with E-state index in [1.54, 1.807) is 0 Å². The number of rotatable bonds is 3. The van der Waals surface area contributed by atoms with Gasteiger partial charge in [-0.2, -0.15) is 0 Å². The third-order valence-electron chi connectivity index (χ3n) is 6.53. The average molecular weight is 316 g/mol. The first-order chi connectivity index (χ1) is 11.2. The Kier molecular flexibility index (Phi) is 2.97. The summed E-state index contributed by atoms with van der Waals surface area (Å²) in [5.41, 5.74) is 0.00958. The monoisotopic (exact) mass is 316 g/mol. The first kappa shape index (κ1) is 13.8. The molecule has 6 rings (SSSR count). The topological polar surface area (TPSA) is 80.1 Å². The third-order valence-corrected chi connectivity index (χ3v) is 6.53. The number of nitrogens with zero attached hydrogens (tertiary/aromatic N) is 2. The fourth-order valence-corrected chi connectivity index (χ4v) is 5.74. The van der Waals surface area contributed by atoms with Gasteiger partial charge >= 0.3 is 12.0 Å². The van der Waals surface area contributed by atoms with Crippen LogP contribution in [0.5, 0.6) is 0 Å². The van der Waals surface area contributed by atoms with Gasteiger partial charge in [0.1, 0.15) is 0 Å². The largest absolute Gasteiger partial charge is 0.408 e. The van der Waals surface area contributed by atoms with Gasteiger partial charge in [0.05, 0.1) is 0 Å². The van der Waals surface area contributed by atoms with Crippen LogP contribution < -0.4 is 10.6 Å². The zero-order chi connectivity index (χ0) is 15.4. The molecule has 2 N–H and O–H groups in total. The molecule has 0 unspecified atom stereocenters. The molecule has 5 aliphatic carbocycles. The number of nitrogens with one attached hydrogen (secondary N) is 2. The first-order valence-electron chi connectivity index (χ1n) is 9.10. The average Bonchev–Trinajstić information content (AvgIpc) is 2.81. The summed E-state index contributed by atoms with van der Waals surface area (Å²) in [6.07, 6.45) is 11.0. The Morgan fingerprint density at radius 1 is 1.04 bits per heavy atom. The Balaban J connectivity index is 1.24. The van der Waals surface area contributed by atoms with Crippen LogP contribution in [-0.2, 0) is 0 Å². The minimum Gasteiger partial charge on any atom is -0.408 e. The van der Waals surface area contributed by atoms with Crippen LogP contribution in [-0.4, -0.2) is 21.8 Å². The van der Waals surface area contributed by atoms with E-state index in [1.165, 1.54) is 25.7 Å². The van der Waals surface area contributed by atoms with Gasteiger partial charge in [0.2, 0.25) is 5.89 Å². The fraction of sp³-hybridized carbons (Fsp3) is 0.824. The number of hydrogen-bond acceptors (Lipinski definition) is 4. The summed E-state index contributed by atoms with van der Waals surface area (Å²) in [5, 5.41) is 14.0. The Morgan fingerprint density at radius 2 is 1.70 bits per heavy atom. The molecular weight excluding hydrogens is 292 g/mol. The lowest BCUT2D eigenvalue weighted by Gasteiger charge is -2.56. The molecule has 1 heterocycles. The SMILES string of the molecule is O=C(Nc1nnc(C2CCC2)o1)NC12CC3CC(CC(C3)C1)C2. The molecule has 0 spiro atoms. The smallest absolute Gasteiger partial charge is 0.323 e. The molecule has 1 aromatic rings. The van der Waals surface area contributed by atoms with Crippen molar-refractivity contribution in [1.29, 1.82) is 0 Å². The van der Waals surface area contributed by atoms with Crippen LogP contribution >= 0.6 is 0 Å². The van der Waals surface area contributed by atoms with Crippen LogP contribution in [0.3, 0.4) is 0 Å². The first-order valence-corrected chi connectivity index (χ1v) is 9.10. The summed E-state index contributed by atoms with van der Waals surface area (Å²) in [4.78, 5) is 12.4. The summed E-state index contributed by atoms with van der Waals surface area (Å²) < 4.78 is 5.58. The molecule has 6 heteroatoms. The van der Waals surface area contributed by atoms with E-state index in [0.717, 1.165) is 49.9 Å². The highest BCUT2D eigenvalue weighted by Crippen LogP contribution is 2.55. The summed E-state index contributed by atoms with van der Waals surface area (Å²) in [6, 6.07) is 0.0462. The minimum atomic E-state index is -0.184. The number of anilines is 1. The summed E-state index contributed by atoms with van der Waals surface area (Å²) >= 11 is 0. The van der Waals surface area contributed by atoms with Crippen LogP contribution in [0.15, 0.2) is 4.42 Å². The standard InChI is InChI=1S/C17H24N4O2/c22-15(18-16-21-20-14(23-16)13-2-1-3-13)19-17-7-10-4-11(8-17)6-12(5-10)9-17/h10-13H,1-9H2,(H2,18,19,21,22). The highest BCUT2D eigenvalue weighted by molar-refractivity contribution is 5.87. The van der Waals surface area contributed by atoms with Crippen molar-refractivity contribution in [3.05, 3.63) is 5.89 Å². The van der Waals surface area contributed by atoms with E-state index in [-0.39, 0.29) is 17.6 Å². The van der Waals surface area contributed by atoms with Crippen molar-refractivity contribution in [3.63, 3.8) is 0 Å². The van der Waals surface area contributed by atoms with Crippen LogP contribution in [0, 0.1) is 17.8 Å². The zero-order valence-corrected chi connectivity index (χ0v) is 13.4. The maximum absolute atomic E-state index is 12.4. The summed E-state index contributed by atoms with van der Waals surface area (Å²) in [6.45, 7) is 0. The summed E-state index contributed by atoms with van der Waals surface area (Å²) in [7, 11) is 0. The van der Waals surface area contributed by atoms with E-state index in [2.05, 4.69) is 20.8 Å². The van der Waals surface area contributed by atoms with Gasteiger partial charge in [0, 0.05) is 11.5 Å². The molecule has 0 atom stereocenters. The van der Waals surface area contributed by atoms with Crippen molar-refractivity contribution in [2.24, 2.45) is 17.8 Å². The zero-order valence-electron chi connectivity index (χ0n) is 13.4. The second kappa shape index (κ2) is 4.95. The van der Waals surface area contributed by atoms with E-state index in [1.807, 2.05) is 0 Å². The van der Waals surface area contributed by atoms with E-state index >= 15 is 0 Å². The van der Waals surface area contributed by atoms with Gasteiger partial charge in [0.25, 0.3) is 0 Å². The molecule has 5 saturated carbocycles. The normalized spacial score (nSPS) is 38.3. The van der Waals surface area contributed by atoms with Gasteiger partial charge in [-0.25, -0.2) is 4.79 Å². The van der Waals surface area contributed by atoms with E-state index < -0.39 is 0 Å². The van der Waals surface area contributed by atoms with Gasteiger partial charge in [-0.3, -0.25) is 5.32 Å². The second-order valence-corrected chi connectivity index (χ2v) is 8.35. The van der Waals surface area contributed by atoms with E-state index in [0.29, 0.717) is 11.8 Å². The minimum absolute atomic E-state index is 0.00958. The molecule has 5 aliphatic rings. The Labute approximate surface area is 135 Å². The quantitative estimate of drug-likeness (QED) is 0.895. The molecule has 0 saturated heterocycles. The lowest BCUT2D eigenvalue weighted by molar-refractivity contribution is -0.0127. The van der Waals surface area contributed by atoms with Gasteiger partial charge in [-0.15, -0.1) is 5.10 Å². The van der Waals surface area contributed by atoms with Crippen molar-refractivity contribution >= 4 is 12.0 Å². The predicted octanol–water partition coefficient (Wildman–Crippen LogP) is 3.43. The van der Waals surface area contributed by atoms with Crippen LogP contribution in [0.25, 0.3) is 0 Å². The van der Waals surface area contributed by atoms with Crippen molar-refractivity contribution in [2.75, 3.05) is 5.32 Å². The highest BCUT2D eigenvalue weighted by atomic mass is 16.4. The van der Waals surface area contributed by atoms with Crippen LogP contribution in [0.2, 0.25) is 0 Å². The molecule has 0 aromatic carbocycles. The van der Waals surface area contributed by atoms with E-state index in [4.69, 9.17) is 4.42 Å². The van der Waals surface area contributed by atoms with Gasteiger partial charge in [0.15, 0.2) is 0 Å². The molecule has 0 radical (unpaired) electrons. The maximum atomic E-state index is 12.4. The van der Waals surface area contributed by atoms with Gasteiger partial charge in [-0.1, -0.05) is 11.5 Å². The molecule has 1 aromatic heterocycles. The number of aromatic nitrogens is 2. The number of urea groups is 1. The Morgan fingerprint density at radius 3 is 2.26 bits per heavy atom. The lowest BCUT2D eigenvalue weighted by atomic mass is 9.53. The van der Waals surface area contributed by atoms with Gasteiger partial charge < -0.3 is 9.73 Å². The van der Waals surface area contributed by atoms with Crippen molar-refractivity contribution in [2.45, 2.75) is 69.2 Å². The molecule has 23 heavy (non-hydrogen) atoms. The highest BCUT2D eigenvalue weighted by Gasteiger charge is 2.51. The predicted molar refractivity (Wildman–Crippen MR) is 83.9 cm³/mol. The Bertz CT molecular complexity index is 587. The molecule has 4 bridgehead atoms.